The SMILES string of the molecule is O=C(NCc1ccc2c(c1)CCC2)NCc1ccc(Cl)cc1F. The number of hydrogen-bond acceptors (Lipinski definition) is 1. The van der Waals surface area contributed by atoms with Crippen LogP contribution in [0.4, 0.5) is 9.18 Å². The van der Waals surface area contributed by atoms with Gasteiger partial charge in [0, 0.05) is 23.7 Å². The Hall–Kier alpha value is -2.07. The average molecular weight is 333 g/mol. The summed E-state index contributed by atoms with van der Waals surface area (Å²) in [5.74, 6) is -0.420. The fourth-order valence-corrected chi connectivity index (χ4v) is 2.98. The van der Waals surface area contributed by atoms with Crippen molar-refractivity contribution in [2.75, 3.05) is 0 Å². The first-order valence-electron chi connectivity index (χ1n) is 7.68. The van der Waals surface area contributed by atoms with E-state index in [1.807, 2.05) is 6.07 Å². The lowest BCUT2D eigenvalue weighted by Gasteiger charge is -2.09. The molecule has 3 nitrogen and oxygen atoms in total. The third kappa shape index (κ3) is 4.02. The molecule has 2 aromatic carbocycles. The topological polar surface area (TPSA) is 41.1 Å². The van der Waals surface area contributed by atoms with Crippen molar-refractivity contribution in [3.8, 4) is 0 Å². The lowest BCUT2D eigenvalue weighted by molar-refractivity contribution is 0.240. The maximum absolute atomic E-state index is 13.6. The number of amides is 2. The zero-order chi connectivity index (χ0) is 16.2. The molecule has 1 aliphatic carbocycles. The van der Waals surface area contributed by atoms with Gasteiger partial charge in [-0.05, 0) is 48.1 Å². The van der Waals surface area contributed by atoms with Gasteiger partial charge in [0.2, 0.25) is 0 Å². The number of fused-ring (bicyclic) bond motifs is 1. The van der Waals surface area contributed by atoms with Crippen LogP contribution in [-0.2, 0) is 25.9 Å². The number of halogens is 2. The molecule has 5 heteroatoms. The van der Waals surface area contributed by atoms with Crippen molar-refractivity contribution in [2.24, 2.45) is 0 Å². The Morgan fingerprint density at radius 2 is 1.83 bits per heavy atom. The van der Waals surface area contributed by atoms with Crippen LogP contribution in [0.1, 0.15) is 28.7 Å². The van der Waals surface area contributed by atoms with E-state index < -0.39 is 5.82 Å². The smallest absolute Gasteiger partial charge is 0.315 e. The third-order valence-corrected chi connectivity index (χ3v) is 4.31. The second-order valence-electron chi connectivity index (χ2n) is 5.73. The highest BCUT2D eigenvalue weighted by atomic mass is 35.5. The van der Waals surface area contributed by atoms with Gasteiger partial charge in [-0.15, -0.1) is 0 Å². The number of aryl methyl sites for hydroxylation is 2. The first kappa shape index (κ1) is 15.8. The number of rotatable bonds is 4. The first-order chi connectivity index (χ1) is 11.1. The summed E-state index contributed by atoms with van der Waals surface area (Å²) >= 11 is 5.70. The monoisotopic (exact) mass is 332 g/mol. The number of hydrogen-bond donors (Lipinski definition) is 2. The Morgan fingerprint density at radius 1 is 1.04 bits per heavy atom. The van der Waals surface area contributed by atoms with Crippen molar-refractivity contribution in [3.05, 3.63) is 69.5 Å². The lowest BCUT2D eigenvalue weighted by Crippen LogP contribution is -2.34. The van der Waals surface area contributed by atoms with Gasteiger partial charge in [-0.1, -0.05) is 35.9 Å². The minimum atomic E-state index is -0.420. The minimum absolute atomic E-state index is 0.124. The second kappa shape index (κ2) is 7.01. The van der Waals surface area contributed by atoms with Crippen molar-refractivity contribution in [3.63, 3.8) is 0 Å². The van der Waals surface area contributed by atoms with E-state index in [0.717, 1.165) is 18.4 Å². The largest absolute Gasteiger partial charge is 0.334 e. The van der Waals surface area contributed by atoms with Crippen LogP contribution in [-0.4, -0.2) is 6.03 Å². The van der Waals surface area contributed by atoms with Gasteiger partial charge in [0.15, 0.2) is 0 Å². The maximum Gasteiger partial charge on any atom is 0.315 e. The molecule has 0 aromatic heterocycles. The Bertz CT molecular complexity index is 733. The number of nitrogens with one attached hydrogen (secondary N) is 2. The van der Waals surface area contributed by atoms with Gasteiger partial charge in [-0.3, -0.25) is 0 Å². The molecular formula is C18H18ClFN2O. The minimum Gasteiger partial charge on any atom is -0.334 e. The Labute approximate surface area is 139 Å². The van der Waals surface area contributed by atoms with Crippen LogP contribution in [0.5, 0.6) is 0 Å². The fourth-order valence-electron chi connectivity index (χ4n) is 2.82. The van der Waals surface area contributed by atoms with Gasteiger partial charge >= 0.3 is 6.03 Å². The van der Waals surface area contributed by atoms with E-state index >= 15 is 0 Å². The van der Waals surface area contributed by atoms with Crippen molar-refractivity contribution in [2.45, 2.75) is 32.4 Å². The van der Waals surface area contributed by atoms with Gasteiger partial charge in [-0.2, -0.15) is 0 Å². The molecule has 0 unspecified atom stereocenters. The van der Waals surface area contributed by atoms with E-state index in [9.17, 15) is 9.18 Å². The number of carbonyl (C=O) groups excluding carboxylic acids is 1. The molecule has 0 atom stereocenters. The average Bonchev–Trinajstić information content (AvgIpc) is 2.99. The van der Waals surface area contributed by atoms with Gasteiger partial charge in [0.05, 0.1) is 0 Å². The molecular weight excluding hydrogens is 315 g/mol. The van der Waals surface area contributed by atoms with E-state index in [0.29, 0.717) is 17.1 Å². The number of carbonyl (C=O) groups is 1. The predicted molar refractivity (Wildman–Crippen MR) is 89.0 cm³/mol. The molecule has 2 aromatic rings. The molecule has 0 heterocycles. The highest BCUT2D eigenvalue weighted by molar-refractivity contribution is 6.30. The Balaban J connectivity index is 1.50. The van der Waals surface area contributed by atoms with Crippen molar-refractivity contribution >= 4 is 17.6 Å². The maximum atomic E-state index is 13.6. The van der Waals surface area contributed by atoms with Gasteiger partial charge in [0.1, 0.15) is 5.82 Å². The zero-order valence-electron chi connectivity index (χ0n) is 12.7. The number of urea groups is 1. The van der Waals surface area contributed by atoms with Crippen LogP contribution in [0.25, 0.3) is 0 Å². The summed E-state index contributed by atoms with van der Waals surface area (Å²) in [5.41, 5.74) is 4.28. The zero-order valence-corrected chi connectivity index (χ0v) is 13.4. The molecule has 0 bridgehead atoms. The molecule has 0 radical (unpaired) electrons. The van der Waals surface area contributed by atoms with Crippen LogP contribution in [0.15, 0.2) is 36.4 Å². The second-order valence-corrected chi connectivity index (χ2v) is 6.17. The van der Waals surface area contributed by atoms with Crippen LogP contribution in [0.2, 0.25) is 5.02 Å². The van der Waals surface area contributed by atoms with Crippen molar-refractivity contribution < 1.29 is 9.18 Å². The highest BCUT2D eigenvalue weighted by Crippen LogP contribution is 2.22. The third-order valence-electron chi connectivity index (χ3n) is 4.07. The molecule has 2 N–H and O–H groups in total. The summed E-state index contributed by atoms with van der Waals surface area (Å²) < 4.78 is 13.6. The lowest BCUT2D eigenvalue weighted by atomic mass is 10.1. The quantitative estimate of drug-likeness (QED) is 0.874. The Morgan fingerprint density at radius 3 is 2.65 bits per heavy atom. The van der Waals surface area contributed by atoms with Gasteiger partial charge in [0.25, 0.3) is 0 Å². The van der Waals surface area contributed by atoms with E-state index in [1.165, 1.54) is 23.6 Å². The molecule has 0 spiro atoms. The van der Waals surface area contributed by atoms with E-state index in [1.54, 1.807) is 12.1 Å². The van der Waals surface area contributed by atoms with Crippen LogP contribution >= 0.6 is 11.6 Å². The van der Waals surface area contributed by atoms with Gasteiger partial charge in [-0.25, -0.2) is 9.18 Å². The van der Waals surface area contributed by atoms with Crippen LogP contribution < -0.4 is 10.6 Å². The van der Waals surface area contributed by atoms with E-state index in [2.05, 4.69) is 22.8 Å². The summed E-state index contributed by atoms with van der Waals surface area (Å²) in [6.45, 7) is 0.585. The molecule has 3 rings (SSSR count). The molecule has 2 amide bonds. The van der Waals surface area contributed by atoms with E-state index in [4.69, 9.17) is 11.6 Å². The Kier molecular flexibility index (Phi) is 4.82. The highest BCUT2D eigenvalue weighted by Gasteiger charge is 2.11. The standard InChI is InChI=1S/C18H18ClFN2O/c19-16-7-6-15(17(20)9-16)11-22-18(23)21-10-12-4-5-13-2-1-3-14(13)8-12/h4-9H,1-3,10-11H2,(H2,21,22,23). The fraction of sp³-hybridized carbons (Fsp3) is 0.278. The molecule has 0 saturated carbocycles. The summed E-state index contributed by atoms with van der Waals surface area (Å²) in [6.07, 6.45) is 3.47. The van der Waals surface area contributed by atoms with Gasteiger partial charge < -0.3 is 10.6 Å². The van der Waals surface area contributed by atoms with E-state index in [-0.39, 0.29) is 12.6 Å². The number of benzene rings is 2. The normalized spacial score (nSPS) is 12.8. The molecule has 0 aliphatic heterocycles. The van der Waals surface area contributed by atoms with Crippen LogP contribution in [0, 0.1) is 5.82 Å². The summed E-state index contributed by atoms with van der Waals surface area (Å²) in [6, 6.07) is 10.4. The van der Waals surface area contributed by atoms with Crippen molar-refractivity contribution in [1.29, 1.82) is 0 Å². The summed E-state index contributed by atoms with van der Waals surface area (Å²) in [4.78, 5) is 11.8. The van der Waals surface area contributed by atoms with Crippen LogP contribution in [0.3, 0.4) is 0 Å². The molecule has 0 fully saturated rings. The predicted octanol–water partition coefficient (Wildman–Crippen LogP) is 3.97. The molecule has 120 valence electrons. The molecule has 23 heavy (non-hydrogen) atoms. The molecule has 0 saturated heterocycles. The first-order valence-corrected chi connectivity index (χ1v) is 8.06. The molecule has 1 aliphatic rings. The van der Waals surface area contributed by atoms with Crippen molar-refractivity contribution in [1.82, 2.24) is 10.6 Å². The summed E-state index contributed by atoms with van der Waals surface area (Å²) in [5, 5.41) is 5.78. The summed E-state index contributed by atoms with van der Waals surface area (Å²) in [7, 11) is 0.